The number of benzene rings is 3. The zero-order valence-corrected chi connectivity index (χ0v) is 17.4. The van der Waals surface area contributed by atoms with E-state index < -0.39 is 10.8 Å². The van der Waals surface area contributed by atoms with Crippen LogP contribution in [0.1, 0.15) is 33.7 Å². The highest BCUT2D eigenvalue weighted by Crippen LogP contribution is 2.37. The summed E-state index contributed by atoms with van der Waals surface area (Å²) in [5.74, 6) is 0.496. The number of nitriles is 1. The highest BCUT2D eigenvalue weighted by atomic mass is 35.5. The highest BCUT2D eigenvalue weighted by molar-refractivity contribution is 7.83. The molecule has 0 aliphatic carbocycles. The van der Waals surface area contributed by atoms with Crippen molar-refractivity contribution in [3.05, 3.63) is 106 Å². The van der Waals surface area contributed by atoms with Crippen LogP contribution in [0.15, 0.2) is 72.9 Å². The van der Waals surface area contributed by atoms with Crippen LogP contribution in [-0.2, 0) is 16.6 Å². The van der Waals surface area contributed by atoms with E-state index in [0.29, 0.717) is 16.3 Å². The van der Waals surface area contributed by atoms with Crippen molar-refractivity contribution in [2.24, 2.45) is 0 Å². The first-order valence-corrected chi connectivity index (χ1v) is 11.3. The number of hydrogen-bond donors (Lipinski definition) is 1. The minimum Gasteiger partial charge on any atom is -0.361 e. The maximum absolute atomic E-state index is 11.8. The van der Waals surface area contributed by atoms with Crippen LogP contribution in [-0.4, -0.2) is 15.4 Å². The number of para-hydroxylation sites is 1. The summed E-state index contributed by atoms with van der Waals surface area (Å²) >= 11 is 6.12. The second-order valence-electron chi connectivity index (χ2n) is 7.02. The summed E-state index contributed by atoms with van der Waals surface area (Å²) in [6.07, 6.45) is 3.75. The summed E-state index contributed by atoms with van der Waals surface area (Å²) in [7, 11) is -0.918. The molecular formula is C24H19ClN2OS. The minimum atomic E-state index is -0.918. The Labute approximate surface area is 177 Å². The first-order chi connectivity index (χ1) is 14.1. The second kappa shape index (κ2) is 8.24. The maximum Gasteiger partial charge on any atom is 0.0991 e. The van der Waals surface area contributed by atoms with Crippen LogP contribution >= 0.6 is 11.6 Å². The molecule has 0 aliphatic heterocycles. The molecule has 3 nitrogen and oxygen atoms in total. The zero-order valence-electron chi connectivity index (χ0n) is 15.9. The molecule has 0 radical (unpaired) electrons. The van der Waals surface area contributed by atoms with E-state index in [1.54, 1.807) is 6.26 Å². The fraction of sp³-hybridized carbons (Fsp3) is 0.125. The van der Waals surface area contributed by atoms with Gasteiger partial charge < -0.3 is 4.98 Å². The number of nitrogens with one attached hydrogen (secondary N) is 1. The van der Waals surface area contributed by atoms with E-state index in [9.17, 15) is 4.21 Å². The predicted octanol–water partition coefficient (Wildman–Crippen LogP) is 5.75. The van der Waals surface area contributed by atoms with Crippen molar-refractivity contribution in [3.63, 3.8) is 0 Å². The molecule has 0 saturated heterocycles. The largest absolute Gasteiger partial charge is 0.361 e. The molecule has 0 aliphatic rings. The third-order valence-corrected chi connectivity index (χ3v) is 6.05. The summed E-state index contributed by atoms with van der Waals surface area (Å²) in [5, 5.41) is 10.9. The molecule has 0 saturated carbocycles. The smallest absolute Gasteiger partial charge is 0.0991 e. The standard InChI is InChI=1S/C24H19ClN2OS/c1-29(28)15-19-3-2-4-21-22(14-27-24(19)21)23(18-9-11-20(25)12-10-18)17-7-5-16(13-26)6-8-17/h2-12,14,23,27H,15H2,1H3. The van der Waals surface area contributed by atoms with E-state index in [-0.39, 0.29) is 5.92 Å². The summed E-state index contributed by atoms with van der Waals surface area (Å²) < 4.78 is 11.8. The van der Waals surface area contributed by atoms with Crippen molar-refractivity contribution in [2.75, 3.05) is 6.26 Å². The summed E-state index contributed by atoms with van der Waals surface area (Å²) in [6.45, 7) is 0. The van der Waals surface area contributed by atoms with Crippen molar-refractivity contribution in [2.45, 2.75) is 11.7 Å². The fourth-order valence-electron chi connectivity index (χ4n) is 3.77. The molecule has 0 spiro atoms. The van der Waals surface area contributed by atoms with E-state index in [0.717, 1.165) is 33.2 Å². The van der Waals surface area contributed by atoms with Gasteiger partial charge in [0.1, 0.15) is 0 Å². The Kier molecular flexibility index (Phi) is 5.53. The van der Waals surface area contributed by atoms with Crippen molar-refractivity contribution < 1.29 is 4.21 Å². The number of hydrogen-bond acceptors (Lipinski definition) is 2. The molecule has 1 N–H and O–H groups in total. The first kappa shape index (κ1) is 19.4. The molecule has 5 heteroatoms. The molecule has 1 aromatic heterocycles. The Morgan fingerprint density at radius 1 is 1.03 bits per heavy atom. The van der Waals surface area contributed by atoms with Gasteiger partial charge in [0.05, 0.1) is 17.4 Å². The van der Waals surface area contributed by atoms with Crippen LogP contribution in [0.3, 0.4) is 0 Å². The van der Waals surface area contributed by atoms with Gasteiger partial charge >= 0.3 is 0 Å². The average molecular weight is 419 g/mol. The van der Waals surface area contributed by atoms with Gasteiger partial charge in [-0.15, -0.1) is 0 Å². The second-order valence-corrected chi connectivity index (χ2v) is 8.89. The lowest BCUT2D eigenvalue weighted by Gasteiger charge is -2.18. The summed E-state index contributed by atoms with van der Waals surface area (Å²) in [6, 6.07) is 23.9. The maximum atomic E-state index is 11.8. The molecule has 29 heavy (non-hydrogen) atoms. The van der Waals surface area contributed by atoms with E-state index in [4.69, 9.17) is 16.9 Å². The molecule has 4 aromatic rings. The van der Waals surface area contributed by atoms with E-state index >= 15 is 0 Å². The monoisotopic (exact) mass is 418 g/mol. The number of aromatic amines is 1. The van der Waals surface area contributed by atoms with Crippen LogP contribution in [0.2, 0.25) is 5.02 Å². The number of halogens is 1. The van der Waals surface area contributed by atoms with Crippen LogP contribution < -0.4 is 0 Å². The molecule has 2 atom stereocenters. The van der Waals surface area contributed by atoms with Crippen molar-refractivity contribution in [1.82, 2.24) is 4.98 Å². The Hall–Kier alpha value is -2.87. The third-order valence-electron chi connectivity index (χ3n) is 5.08. The van der Waals surface area contributed by atoms with Gasteiger partial charge in [-0.25, -0.2) is 0 Å². The fourth-order valence-corrected chi connectivity index (χ4v) is 4.58. The van der Waals surface area contributed by atoms with Gasteiger partial charge in [0.15, 0.2) is 0 Å². The molecule has 0 amide bonds. The number of aromatic nitrogens is 1. The van der Waals surface area contributed by atoms with Crippen molar-refractivity contribution in [3.8, 4) is 6.07 Å². The summed E-state index contributed by atoms with van der Waals surface area (Å²) in [5.41, 5.74) is 6.04. The van der Waals surface area contributed by atoms with Gasteiger partial charge in [-0.05, 0) is 46.5 Å². The van der Waals surface area contributed by atoms with Crippen molar-refractivity contribution in [1.29, 1.82) is 5.26 Å². The Morgan fingerprint density at radius 3 is 2.31 bits per heavy atom. The van der Waals surface area contributed by atoms with Gasteiger partial charge in [0.2, 0.25) is 0 Å². The lowest BCUT2D eigenvalue weighted by molar-refractivity contribution is 0.686. The number of H-pyrrole nitrogens is 1. The molecule has 1 heterocycles. The van der Waals surface area contributed by atoms with Crippen LogP contribution in [0, 0.1) is 11.3 Å². The Morgan fingerprint density at radius 2 is 1.69 bits per heavy atom. The minimum absolute atomic E-state index is 0.0175. The van der Waals surface area contributed by atoms with E-state index in [1.807, 2.05) is 66.9 Å². The van der Waals surface area contributed by atoms with Gasteiger partial charge in [-0.3, -0.25) is 4.21 Å². The third kappa shape index (κ3) is 3.98. The lowest BCUT2D eigenvalue weighted by Crippen LogP contribution is -2.03. The molecular weight excluding hydrogens is 400 g/mol. The van der Waals surface area contributed by atoms with Crippen LogP contribution in [0.5, 0.6) is 0 Å². The number of nitrogens with zero attached hydrogens (tertiary/aromatic N) is 1. The Bertz CT molecular complexity index is 1220. The average Bonchev–Trinajstić information content (AvgIpc) is 3.15. The molecule has 3 aromatic carbocycles. The number of fused-ring (bicyclic) bond motifs is 1. The van der Waals surface area contributed by atoms with Gasteiger partial charge in [0.25, 0.3) is 0 Å². The zero-order chi connectivity index (χ0) is 20.4. The van der Waals surface area contributed by atoms with Crippen LogP contribution in [0.4, 0.5) is 0 Å². The molecule has 0 bridgehead atoms. The lowest BCUT2D eigenvalue weighted by atomic mass is 9.84. The van der Waals surface area contributed by atoms with E-state index in [1.165, 1.54) is 0 Å². The molecule has 0 fully saturated rings. The Balaban J connectivity index is 1.90. The van der Waals surface area contributed by atoms with Crippen molar-refractivity contribution >= 4 is 33.3 Å². The highest BCUT2D eigenvalue weighted by Gasteiger charge is 2.21. The topological polar surface area (TPSA) is 56.6 Å². The molecule has 144 valence electrons. The predicted molar refractivity (Wildman–Crippen MR) is 120 cm³/mol. The van der Waals surface area contributed by atoms with Gasteiger partial charge in [0, 0.05) is 45.1 Å². The van der Waals surface area contributed by atoms with Gasteiger partial charge in [-0.2, -0.15) is 5.26 Å². The van der Waals surface area contributed by atoms with Crippen LogP contribution in [0.25, 0.3) is 10.9 Å². The van der Waals surface area contributed by atoms with E-state index in [2.05, 4.69) is 17.1 Å². The van der Waals surface area contributed by atoms with Gasteiger partial charge in [-0.1, -0.05) is 54.1 Å². The SMILES string of the molecule is CS(=O)Cc1cccc2c(C(c3ccc(Cl)cc3)c3ccc(C#N)cc3)c[nH]c12. The quantitative estimate of drug-likeness (QED) is 0.448. The normalized spacial score (nSPS) is 13.1. The first-order valence-electron chi connectivity index (χ1n) is 9.21. The molecule has 2 unspecified atom stereocenters. The number of rotatable bonds is 5. The molecule has 4 rings (SSSR count). The summed E-state index contributed by atoms with van der Waals surface area (Å²) in [4.78, 5) is 3.40.